The molecule has 8 N–H and O–H groups in total. The van der Waals surface area contributed by atoms with Gasteiger partial charge >= 0.3 is 36.2 Å². The van der Waals surface area contributed by atoms with Gasteiger partial charge in [0.15, 0.2) is 0 Å². The fourth-order valence-corrected chi connectivity index (χ4v) is 3.43. The van der Waals surface area contributed by atoms with Gasteiger partial charge in [0.2, 0.25) is 5.41 Å². The highest BCUT2D eigenvalue weighted by Gasteiger charge is 2.73. The van der Waals surface area contributed by atoms with Crippen LogP contribution in [0.15, 0.2) is 24.3 Å². The molecule has 0 spiro atoms. The number of anilines is 2. The van der Waals surface area contributed by atoms with Crippen LogP contribution in [0, 0.1) is 0 Å². The van der Waals surface area contributed by atoms with Crippen LogP contribution < -0.4 is 11.5 Å². The summed E-state index contributed by atoms with van der Waals surface area (Å²) in [6, 6.07) is -0.713. The van der Waals surface area contributed by atoms with Crippen molar-refractivity contribution in [3.63, 3.8) is 0 Å². The summed E-state index contributed by atoms with van der Waals surface area (Å²) in [5.74, 6) is -8.72. The molecule has 0 heterocycles. The van der Waals surface area contributed by atoms with E-state index >= 15 is 0 Å². The lowest BCUT2D eigenvalue weighted by Gasteiger charge is -2.39. The molecule has 2 aromatic rings. The predicted molar refractivity (Wildman–Crippen MR) is 102 cm³/mol. The Hall–Kier alpha value is -4.50. The second-order valence-corrected chi connectivity index (χ2v) is 6.94. The number of carbonyl (C=O) groups is 4. The number of hydrogen-bond donors (Lipinski definition) is 6. The van der Waals surface area contributed by atoms with Gasteiger partial charge in [-0.25, -0.2) is 19.2 Å². The molecule has 0 bridgehead atoms. The van der Waals surface area contributed by atoms with E-state index in [2.05, 4.69) is 0 Å². The van der Waals surface area contributed by atoms with E-state index in [9.17, 15) is 65.9 Å². The molecule has 0 atom stereocenters. The first-order chi connectivity index (χ1) is 15.8. The van der Waals surface area contributed by atoms with E-state index in [0.717, 1.165) is 0 Å². The number of halogens is 6. The molecule has 188 valence electrons. The molecule has 0 aliphatic carbocycles. The average Bonchev–Trinajstić information content (AvgIpc) is 2.67. The van der Waals surface area contributed by atoms with Crippen molar-refractivity contribution in [2.45, 2.75) is 17.8 Å². The van der Waals surface area contributed by atoms with Crippen molar-refractivity contribution < 1.29 is 65.9 Å². The lowest BCUT2D eigenvalue weighted by Crippen LogP contribution is -2.55. The van der Waals surface area contributed by atoms with Crippen molar-refractivity contribution in [2.24, 2.45) is 0 Å². The van der Waals surface area contributed by atoms with Crippen molar-refractivity contribution in [3.8, 4) is 0 Å². The summed E-state index contributed by atoms with van der Waals surface area (Å²) in [5, 5.41) is 36.8. The maximum Gasteiger partial charge on any atom is 0.411 e. The summed E-state index contributed by atoms with van der Waals surface area (Å²) in [6.45, 7) is 0. The summed E-state index contributed by atoms with van der Waals surface area (Å²) in [5.41, 5.74) is -6.85. The number of aromatic carboxylic acids is 4. The molecule has 0 radical (unpaired) electrons. The highest BCUT2D eigenvalue weighted by molar-refractivity contribution is 6.04. The number of hydrogen-bond acceptors (Lipinski definition) is 6. The van der Waals surface area contributed by atoms with Crippen LogP contribution in [0.4, 0.5) is 37.7 Å². The van der Waals surface area contributed by atoms with E-state index in [0.29, 0.717) is 0 Å². The van der Waals surface area contributed by atoms with Gasteiger partial charge in [-0.2, -0.15) is 26.3 Å². The molecule has 0 aliphatic heterocycles. The van der Waals surface area contributed by atoms with Crippen LogP contribution in [0.5, 0.6) is 0 Å². The quantitative estimate of drug-likeness (QED) is 0.248. The third-order valence-electron chi connectivity index (χ3n) is 5.00. The molecule has 35 heavy (non-hydrogen) atoms. The smallest absolute Gasteiger partial charge is 0.411 e. The maximum absolute atomic E-state index is 14.4. The van der Waals surface area contributed by atoms with E-state index in [4.69, 9.17) is 11.5 Å². The van der Waals surface area contributed by atoms with Crippen molar-refractivity contribution in [1.82, 2.24) is 0 Å². The minimum atomic E-state index is -6.46. The van der Waals surface area contributed by atoms with Gasteiger partial charge in [0.05, 0.1) is 33.6 Å². The number of rotatable bonds is 6. The molecular weight excluding hydrogens is 498 g/mol. The molecule has 0 saturated heterocycles. The fourth-order valence-electron chi connectivity index (χ4n) is 3.43. The Morgan fingerprint density at radius 1 is 0.543 bits per heavy atom. The summed E-state index contributed by atoms with van der Waals surface area (Å²) < 4.78 is 86.4. The first-order valence-corrected chi connectivity index (χ1v) is 8.73. The number of carboxylic acids is 4. The average molecular weight is 510 g/mol. The Balaban J connectivity index is 3.30. The Labute approximate surface area is 189 Å². The number of benzene rings is 2. The molecule has 16 heteroatoms. The standard InChI is InChI=1S/C19H12F6N2O8/c20-18(21,22)17(19(23,24)25,5-1-7(13(28)29)11(26)8(2-5)14(30)31)6-3-9(15(32)33)12(27)10(4-6)16(34)35/h1-4H,26-27H2,(H,28,29)(H,30,31)(H,32,33)(H,34,35). The topological polar surface area (TPSA) is 201 Å². The van der Waals surface area contributed by atoms with E-state index in [-0.39, 0.29) is 24.3 Å². The third kappa shape index (κ3) is 4.13. The summed E-state index contributed by atoms with van der Waals surface area (Å²) in [4.78, 5) is 45.7. The fraction of sp³-hybridized carbons (Fsp3) is 0.158. The van der Waals surface area contributed by atoms with Gasteiger partial charge in [-0.3, -0.25) is 0 Å². The highest BCUT2D eigenvalue weighted by Crippen LogP contribution is 2.57. The maximum atomic E-state index is 14.4. The van der Waals surface area contributed by atoms with Crippen LogP contribution in [0.25, 0.3) is 0 Å². The van der Waals surface area contributed by atoms with Crippen molar-refractivity contribution >= 4 is 35.3 Å². The molecule has 0 aliphatic rings. The molecule has 10 nitrogen and oxygen atoms in total. The first-order valence-electron chi connectivity index (χ1n) is 8.73. The second-order valence-electron chi connectivity index (χ2n) is 6.94. The highest BCUT2D eigenvalue weighted by atomic mass is 19.4. The van der Waals surface area contributed by atoms with Gasteiger partial charge in [-0.05, 0) is 35.4 Å². The van der Waals surface area contributed by atoms with Crippen molar-refractivity contribution in [1.29, 1.82) is 0 Å². The van der Waals surface area contributed by atoms with E-state index in [1.807, 2.05) is 0 Å². The van der Waals surface area contributed by atoms with Crippen LogP contribution >= 0.6 is 0 Å². The van der Waals surface area contributed by atoms with Crippen molar-refractivity contribution in [2.75, 3.05) is 11.5 Å². The van der Waals surface area contributed by atoms with E-state index in [1.165, 1.54) is 0 Å². The van der Waals surface area contributed by atoms with Gasteiger partial charge in [-0.1, -0.05) is 0 Å². The minimum Gasteiger partial charge on any atom is -0.478 e. The zero-order valence-corrected chi connectivity index (χ0v) is 16.7. The predicted octanol–water partition coefficient (Wildman–Crippen LogP) is 3.05. The van der Waals surface area contributed by atoms with Gasteiger partial charge in [-0.15, -0.1) is 0 Å². The third-order valence-corrected chi connectivity index (χ3v) is 5.00. The zero-order valence-electron chi connectivity index (χ0n) is 16.7. The zero-order chi connectivity index (χ0) is 27.3. The second kappa shape index (κ2) is 8.37. The SMILES string of the molecule is Nc1c(C(=O)O)cc(C(c2cc(C(=O)O)c(N)c(C(=O)O)c2)(C(F)(F)F)C(F)(F)F)cc1C(=O)O. The molecule has 0 amide bonds. The molecule has 0 unspecified atom stereocenters. The Morgan fingerprint density at radius 2 is 0.743 bits per heavy atom. The number of carboxylic acid groups (broad SMARTS) is 4. The Kier molecular flexibility index (Phi) is 6.40. The van der Waals surface area contributed by atoms with Crippen molar-refractivity contribution in [3.05, 3.63) is 57.6 Å². The molecule has 0 saturated carbocycles. The van der Waals surface area contributed by atoms with Gasteiger partial charge < -0.3 is 31.9 Å². The lowest BCUT2D eigenvalue weighted by atomic mass is 9.71. The first kappa shape index (κ1) is 26.7. The number of nitrogen functional groups attached to an aromatic ring is 2. The molecule has 0 aromatic heterocycles. The van der Waals surface area contributed by atoms with Gasteiger partial charge in [0, 0.05) is 0 Å². The van der Waals surface area contributed by atoms with Crippen LogP contribution in [-0.2, 0) is 5.41 Å². The molecule has 2 rings (SSSR count). The van der Waals surface area contributed by atoms with Crippen LogP contribution in [0.1, 0.15) is 52.6 Å². The largest absolute Gasteiger partial charge is 0.478 e. The van der Waals surface area contributed by atoms with Crippen LogP contribution in [0.3, 0.4) is 0 Å². The molecule has 0 fully saturated rings. The monoisotopic (exact) mass is 510 g/mol. The van der Waals surface area contributed by atoms with Gasteiger partial charge in [0.1, 0.15) is 0 Å². The van der Waals surface area contributed by atoms with Crippen LogP contribution in [0.2, 0.25) is 0 Å². The lowest BCUT2D eigenvalue weighted by molar-refractivity contribution is -0.288. The van der Waals surface area contributed by atoms with E-state index < -0.39 is 86.4 Å². The van der Waals surface area contributed by atoms with Crippen LogP contribution in [-0.4, -0.2) is 56.7 Å². The molecule has 2 aromatic carbocycles. The summed E-state index contributed by atoms with van der Waals surface area (Å²) in [7, 11) is 0. The number of nitrogens with two attached hydrogens (primary N) is 2. The van der Waals surface area contributed by atoms with Gasteiger partial charge in [0.25, 0.3) is 0 Å². The minimum absolute atomic E-state index is 0.178. The summed E-state index contributed by atoms with van der Waals surface area (Å²) in [6.07, 6.45) is -12.9. The molecular formula is C19H12F6N2O8. The van der Waals surface area contributed by atoms with E-state index in [1.54, 1.807) is 0 Å². The number of alkyl halides is 6. The Morgan fingerprint density at radius 3 is 0.886 bits per heavy atom. The Bertz CT molecular complexity index is 1100. The normalized spacial score (nSPS) is 12.3. The summed E-state index contributed by atoms with van der Waals surface area (Å²) >= 11 is 0.